The van der Waals surface area contributed by atoms with Gasteiger partial charge in [-0.1, -0.05) is 0 Å². The third-order valence-electron chi connectivity index (χ3n) is 4.41. The fourth-order valence-electron chi connectivity index (χ4n) is 2.69. The van der Waals surface area contributed by atoms with Gasteiger partial charge < -0.3 is 11.1 Å². The van der Waals surface area contributed by atoms with E-state index in [1.54, 1.807) is 4.68 Å². The molecule has 1 fully saturated rings. The lowest BCUT2D eigenvalue weighted by atomic mass is 9.95. The minimum Gasteiger partial charge on any atom is -0.345 e. The zero-order valence-electron chi connectivity index (χ0n) is 13.0. The Bertz CT molecular complexity index is 672. The van der Waals surface area contributed by atoms with Crippen molar-refractivity contribution in [1.29, 1.82) is 0 Å². The summed E-state index contributed by atoms with van der Waals surface area (Å²) in [5, 5.41) is 7.36. The van der Waals surface area contributed by atoms with Gasteiger partial charge in [0.15, 0.2) is 0 Å². The van der Waals surface area contributed by atoms with Crippen LogP contribution in [0.2, 0.25) is 0 Å². The normalized spacial score (nSPS) is 17.0. The Hall–Kier alpha value is -2.14. The molecule has 0 spiro atoms. The SMILES string of the molecule is Cc1cnn(-c2ccc(C(=O)NC(C)(CN)C3CC3)cc2)c1. The van der Waals surface area contributed by atoms with Crippen molar-refractivity contribution in [3.8, 4) is 5.69 Å². The van der Waals surface area contributed by atoms with Crippen molar-refractivity contribution >= 4 is 5.91 Å². The first-order valence-electron chi connectivity index (χ1n) is 7.66. The van der Waals surface area contributed by atoms with Gasteiger partial charge in [-0.05, 0) is 62.4 Å². The van der Waals surface area contributed by atoms with Crippen LogP contribution in [0.25, 0.3) is 5.69 Å². The predicted octanol–water partition coefficient (Wildman–Crippen LogP) is 2.04. The molecule has 5 nitrogen and oxygen atoms in total. The lowest BCUT2D eigenvalue weighted by Crippen LogP contribution is -2.53. The third-order valence-corrected chi connectivity index (χ3v) is 4.41. The zero-order valence-corrected chi connectivity index (χ0v) is 13.0. The second-order valence-corrected chi connectivity index (χ2v) is 6.36. The van der Waals surface area contributed by atoms with Gasteiger partial charge in [0, 0.05) is 18.3 Å². The van der Waals surface area contributed by atoms with Crippen molar-refractivity contribution < 1.29 is 4.79 Å². The molecule has 1 atom stereocenters. The maximum absolute atomic E-state index is 12.4. The highest BCUT2D eigenvalue weighted by Gasteiger charge is 2.41. The Labute approximate surface area is 130 Å². The summed E-state index contributed by atoms with van der Waals surface area (Å²) < 4.78 is 1.80. The van der Waals surface area contributed by atoms with Crippen LogP contribution in [0.5, 0.6) is 0 Å². The molecule has 1 unspecified atom stereocenters. The Morgan fingerprint density at radius 2 is 2.09 bits per heavy atom. The average molecular weight is 298 g/mol. The molecule has 1 aromatic heterocycles. The molecular formula is C17H22N4O. The maximum atomic E-state index is 12.4. The number of rotatable bonds is 5. The number of carbonyl (C=O) groups excluding carboxylic acids is 1. The molecule has 0 radical (unpaired) electrons. The summed E-state index contributed by atoms with van der Waals surface area (Å²) in [6, 6.07) is 7.45. The molecule has 3 rings (SSSR count). The lowest BCUT2D eigenvalue weighted by Gasteiger charge is -2.29. The molecule has 1 aliphatic carbocycles. The molecule has 1 aromatic carbocycles. The van der Waals surface area contributed by atoms with E-state index >= 15 is 0 Å². The molecule has 1 heterocycles. The van der Waals surface area contributed by atoms with Crippen molar-refractivity contribution in [2.24, 2.45) is 11.7 Å². The fraction of sp³-hybridized carbons (Fsp3) is 0.412. The first-order chi connectivity index (χ1) is 10.5. The number of nitrogens with two attached hydrogens (primary N) is 1. The summed E-state index contributed by atoms with van der Waals surface area (Å²) in [5.41, 5.74) is 8.24. The molecule has 1 saturated carbocycles. The van der Waals surface area contributed by atoms with Gasteiger partial charge in [0.05, 0.1) is 17.4 Å². The molecule has 2 aromatic rings. The Morgan fingerprint density at radius 3 is 2.59 bits per heavy atom. The Balaban J connectivity index is 1.73. The van der Waals surface area contributed by atoms with Crippen LogP contribution in [0, 0.1) is 12.8 Å². The van der Waals surface area contributed by atoms with Gasteiger partial charge in [0.25, 0.3) is 5.91 Å². The number of nitrogens with zero attached hydrogens (tertiary/aromatic N) is 2. The quantitative estimate of drug-likeness (QED) is 0.887. The van der Waals surface area contributed by atoms with Gasteiger partial charge >= 0.3 is 0 Å². The molecule has 22 heavy (non-hydrogen) atoms. The van der Waals surface area contributed by atoms with E-state index < -0.39 is 0 Å². The molecule has 5 heteroatoms. The van der Waals surface area contributed by atoms with Gasteiger partial charge in [0.1, 0.15) is 0 Å². The number of aryl methyl sites for hydroxylation is 1. The number of hydrogen-bond acceptors (Lipinski definition) is 3. The number of aromatic nitrogens is 2. The van der Waals surface area contributed by atoms with E-state index in [1.165, 1.54) is 0 Å². The maximum Gasteiger partial charge on any atom is 0.251 e. The fourth-order valence-corrected chi connectivity index (χ4v) is 2.69. The van der Waals surface area contributed by atoms with Crippen LogP contribution in [0.4, 0.5) is 0 Å². The predicted molar refractivity (Wildman–Crippen MR) is 86.0 cm³/mol. The van der Waals surface area contributed by atoms with Crippen LogP contribution in [-0.4, -0.2) is 27.8 Å². The van der Waals surface area contributed by atoms with Gasteiger partial charge in [0.2, 0.25) is 0 Å². The molecule has 0 saturated heterocycles. The summed E-state index contributed by atoms with van der Waals surface area (Å²) in [6.45, 7) is 4.49. The van der Waals surface area contributed by atoms with Crippen molar-refractivity contribution in [3.63, 3.8) is 0 Å². The number of carbonyl (C=O) groups is 1. The lowest BCUT2D eigenvalue weighted by molar-refractivity contribution is 0.0898. The molecule has 0 bridgehead atoms. The Morgan fingerprint density at radius 1 is 1.41 bits per heavy atom. The summed E-state index contributed by atoms with van der Waals surface area (Å²) in [7, 11) is 0. The highest BCUT2D eigenvalue weighted by atomic mass is 16.1. The summed E-state index contributed by atoms with van der Waals surface area (Å²) in [5.74, 6) is 0.441. The van der Waals surface area contributed by atoms with E-state index in [0.717, 1.165) is 24.1 Å². The summed E-state index contributed by atoms with van der Waals surface area (Å²) >= 11 is 0. The van der Waals surface area contributed by atoms with Crippen molar-refractivity contribution in [3.05, 3.63) is 47.8 Å². The molecular weight excluding hydrogens is 276 g/mol. The first kappa shape index (κ1) is 14.8. The first-order valence-corrected chi connectivity index (χ1v) is 7.66. The van der Waals surface area contributed by atoms with Crippen molar-refractivity contribution in [2.45, 2.75) is 32.2 Å². The summed E-state index contributed by atoms with van der Waals surface area (Å²) in [6.07, 6.45) is 6.05. The van der Waals surface area contributed by atoms with E-state index in [-0.39, 0.29) is 11.4 Å². The average Bonchev–Trinajstić information content (AvgIpc) is 3.30. The second kappa shape index (κ2) is 5.57. The van der Waals surface area contributed by atoms with Crippen LogP contribution >= 0.6 is 0 Å². The van der Waals surface area contributed by atoms with Crippen LogP contribution in [0.15, 0.2) is 36.7 Å². The topological polar surface area (TPSA) is 72.9 Å². The highest BCUT2D eigenvalue weighted by molar-refractivity contribution is 5.94. The highest BCUT2D eigenvalue weighted by Crippen LogP contribution is 2.39. The minimum absolute atomic E-state index is 0.0666. The van der Waals surface area contributed by atoms with Crippen LogP contribution in [-0.2, 0) is 0 Å². The number of hydrogen-bond donors (Lipinski definition) is 2. The molecule has 3 N–H and O–H groups in total. The molecule has 116 valence electrons. The van der Waals surface area contributed by atoms with E-state index in [4.69, 9.17) is 5.73 Å². The number of benzene rings is 1. The van der Waals surface area contributed by atoms with Crippen molar-refractivity contribution in [1.82, 2.24) is 15.1 Å². The van der Waals surface area contributed by atoms with Gasteiger partial charge in [-0.15, -0.1) is 0 Å². The number of nitrogens with one attached hydrogen (secondary N) is 1. The van der Waals surface area contributed by atoms with E-state index in [1.807, 2.05) is 50.5 Å². The van der Waals surface area contributed by atoms with E-state index in [9.17, 15) is 4.79 Å². The Kier molecular flexibility index (Phi) is 3.74. The van der Waals surface area contributed by atoms with Crippen molar-refractivity contribution in [2.75, 3.05) is 6.54 Å². The van der Waals surface area contributed by atoms with Gasteiger partial charge in [-0.3, -0.25) is 4.79 Å². The van der Waals surface area contributed by atoms with Gasteiger partial charge in [-0.2, -0.15) is 5.10 Å². The smallest absolute Gasteiger partial charge is 0.251 e. The van der Waals surface area contributed by atoms with E-state index in [2.05, 4.69) is 10.4 Å². The molecule has 1 amide bonds. The number of amides is 1. The molecule has 1 aliphatic rings. The standard InChI is InChI=1S/C17H22N4O/c1-12-9-19-21(10-12)15-7-3-13(4-8-15)16(22)20-17(2,11-18)14-5-6-14/h3-4,7-10,14H,5-6,11,18H2,1-2H3,(H,20,22). The monoisotopic (exact) mass is 298 g/mol. The van der Waals surface area contributed by atoms with Crippen LogP contribution in [0.3, 0.4) is 0 Å². The largest absolute Gasteiger partial charge is 0.345 e. The van der Waals surface area contributed by atoms with Crippen LogP contribution in [0.1, 0.15) is 35.7 Å². The molecule has 0 aliphatic heterocycles. The minimum atomic E-state index is -0.297. The van der Waals surface area contributed by atoms with Crippen LogP contribution < -0.4 is 11.1 Å². The summed E-state index contributed by atoms with van der Waals surface area (Å²) in [4.78, 5) is 12.4. The second-order valence-electron chi connectivity index (χ2n) is 6.36. The van der Waals surface area contributed by atoms with Gasteiger partial charge in [-0.25, -0.2) is 4.68 Å². The third kappa shape index (κ3) is 2.90. The zero-order chi connectivity index (χ0) is 15.7. The van der Waals surface area contributed by atoms with E-state index in [0.29, 0.717) is 18.0 Å².